The molecule has 0 aliphatic carbocycles. The van der Waals surface area contributed by atoms with E-state index in [2.05, 4.69) is 9.97 Å². The number of nitriles is 1. The van der Waals surface area contributed by atoms with Gasteiger partial charge in [-0.25, -0.2) is 22.2 Å². The van der Waals surface area contributed by atoms with Crippen molar-refractivity contribution in [3.05, 3.63) is 52.8 Å². The highest BCUT2D eigenvalue weighted by molar-refractivity contribution is 7.93. The highest BCUT2D eigenvalue weighted by Gasteiger charge is 2.22. The summed E-state index contributed by atoms with van der Waals surface area (Å²) in [7, 11) is -4.22. The number of fused-ring (bicyclic) bond motifs is 1. The zero-order valence-corrected chi connectivity index (χ0v) is 13.2. The number of nitrogens with one attached hydrogen (secondary N) is 2. The van der Waals surface area contributed by atoms with E-state index in [-0.39, 0.29) is 21.1 Å². The maximum atomic E-state index is 13.9. The number of rotatable bonds is 3. The predicted octanol–water partition coefficient (Wildman–Crippen LogP) is 3.17. The number of aromatic amines is 1. The molecule has 2 aromatic heterocycles. The molecule has 0 aliphatic rings. The van der Waals surface area contributed by atoms with E-state index in [1.807, 2.05) is 4.72 Å². The van der Waals surface area contributed by atoms with Crippen molar-refractivity contribution in [2.45, 2.75) is 4.90 Å². The smallest absolute Gasteiger partial charge is 0.264 e. The van der Waals surface area contributed by atoms with Gasteiger partial charge in [0.1, 0.15) is 33.4 Å². The van der Waals surface area contributed by atoms with E-state index < -0.39 is 32.9 Å². The van der Waals surface area contributed by atoms with Gasteiger partial charge in [0.15, 0.2) is 0 Å². The van der Waals surface area contributed by atoms with Crippen molar-refractivity contribution in [1.82, 2.24) is 9.97 Å². The Morgan fingerprint density at radius 2 is 2.00 bits per heavy atom. The molecule has 0 bridgehead atoms. The second-order valence-corrected chi connectivity index (χ2v) is 6.75. The summed E-state index contributed by atoms with van der Waals surface area (Å²) in [5.74, 6) is -2.11. The van der Waals surface area contributed by atoms with Gasteiger partial charge in [-0.1, -0.05) is 11.6 Å². The second kappa shape index (κ2) is 5.74. The molecule has 0 aliphatic heterocycles. The topological polar surface area (TPSA) is 98.6 Å². The number of hydrogen-bond donors (Lipinski definition) is 2. The Morgan fingerprint density at radius 3 is 2.71 bits per heavy atom. The van der Waals surface area contributed by atoms with Gasteiger partial charge in [-0.15, -0.1) is 0 Å². The van der Waals surface area contributed by atoms with Crippen LogP contribution in [0.15, 0.2) is 35.4 Å². The summed E-state index contributed by atoms with van der Waals surface area (Å²) < 4.78 is 54.3. The van der Waals surface area contributed by atoms with Crippen molar-refractivity contribution in [3.8, 4) is 6.07 Å². The Labute approximate surface area is 139 Å². The van der Waals surface area contributed by atoms with E-state index in [4.69, 9.17) is 16.9 Å². The van der Waals surface area contributed by atoms with Crippen LogP contribution in [0.25, 0.3) is 11.0 Å². The van der Waals surface area contributed by atoms with Crippen LogP contribution >= 0.6 is 11.6 Å². The molecule has 24 heavy (non-hydrogen) atoms. The maximum absolute atomic E-state index is 13.9. The van der Waals surface area contributed by atoms with Crippen molar-refractivity contribution in [2.24, 2.45) is 0 Å². The number of pyridine rings is 1. The van der Waals surface area contributed by atoms with Crippen LogP contribution in [0.1, 0.15) is 5.56 Å². The molecule has 6 nitrogen and oxygen atoms in total. The summed E-state index contributed by atoms with van der Waals surface area (Å²) >= 11 is 5.72. The Kier molecular flexibility index (Phi) is 3.87. The van der Waals surface area contributed by atoms with Crippen LogP contribution in [0.2, 0.25) is 5.15 Å². The van der Waals surface area contributed by atoms with E-state index in [1.54, 1.807) is 0 Å². The van der Waals surface area contributed by atoms with Crippen LogP contribution in [0.4, 0.5) is 14.5 Å². The fourth-order valence-electron chi connectivity index (χ4n) is 2.09. The maximum Gasteiger partial charge on any atom is 0.264 e. The highest BCUT2D eigenvalue weighted by Crippen LogP contribution is 2.27. The molecule has 0 saturated heterocycles. The summed E-state index contributed by atoms with van der Waals surface area (Å²) in [6.45, 7) is 0. The van der Waals surface area contributed by atoms with Gasteiger partial charge < -0.3 is 4.98 Å². The third kappa shape index (κ3) is 2.77. The van der Waals surface area contributed by atoms with Gasteiger partial charge in [0.05, 0.1) is 11.3 Å². The van der Waals surface area contributed by atoms with Crippen molar-refractivity contribution in [2.75, 3.05) is 4.72 Å². The number of H-pyrrole nitrogens is 1. The van der Waals surface area contributed by atoms with Gasteiger partial charge in [0.25, 0.3) is 10.0 Å². The minimum Gasteiger partial charge on any atom is -0.345 e. The first kappa shape index (κ1) is 16.2. The molecule has 3 rings (SSSR count). The third-order valence-electron chi connectivity index (χ3n) is 3.18. The zero-order valence-electron chi connectivity index (χ0n) is 11.6. The number of hydrogen-bond acceptors (Lipinski definition) is 4. The van der Waals surface area contributed by atoms with Crippen LogP contribution < -0.4 is 4.72 Å². The fraction of sp³-hybridized carbons (Fsp3) is 0. The van der Waals surface area contributed by atoms with E-state index >= 15 is 0 Å². The number of benzene rings is 1. The third-order valence-corrected chi connectivity index (χ3v) is 4.79. The molecule has 10 heteroatoms. The van der Waals surface area contributed by atoms with Crippen molar-refractivity contribution >= 4 is 38.3 Å². The van der Waals surface area contributed by atoms with Crippen molar-refractivity contribution in [1.29, 1.82) is 5.26 Å². The fourth-order valence-corrected chi connectivity index (χ4v) is 3.46. The lowest BCUT2D eigenvalue weighted by atomic mass is 10.2. The first-order chi connectivity index (χ1) is 11.3. The van der Waals surface area contributed by atoms with E-state index in [9.17, 15) is 17.2 Å². The molecule has 0 atom stereocenters. The predicted molar refractivity (Wildman–Crippen MR) is 83.0 cm³/mol. The number of sulfonamides is 1. The molecule has 0 spiro atoms. The molecule has 0 radical (unpaired) electrons. The first-order valence-corrected chi connectivity index (χ1v) is 8.23. The summed E-state index contributed by atoms with van der Waals surface area (Å²) in [6, 6.07) is 5.52. The molecule has 2 heterocycles. The minimum absolute atomic E-state index is 0.168. The van der Waals surface area contributed by atoms with Gasteiger partial charge in [-0.2, -0.15) is 5.26 Å². The van der Waals surface area contributed by atoms with Gasteiger partial charge in [0, 0.05) is 17.6 Å². The molecule has 0 saturated carbocycles. The van der Waals surface area contributed by atoms with Crippen LogP contribution in [0.3, 0.4) is 0 Å². The second-order valence-electron chi connectivity index (χ2n) is 4.71. The van der Waals surface area contributed by atoms with Crippen LogP contribution in [-0.4, -0.2) is 18.4 Å². The summed E-state index contributed by atoms with van der Waals surface area (Å²) in [4.78, 5) is 6.36. The van der Waals surface area contributed by atoms with Crippen LogP contribution in [0.5, 0.6) is 0 Å². The molecule has 0 amide bonds. The molecule has 122 valence electrons. The highest BCUT2D eigenvalue weighted by atomic mass is 35.5. The minimum atomic E-state index is -4.22. The van der Waals surface area contributed by atoms with Crippen LogP contribution in [0, 0.1) is 23.0 Å². The average Bonchev–Trinajstić information content (AvgIpc) is 2.94. The monoisotopic (exact) mass is 368 g/mol. The molecule has 0 fully saturated rings. The summed E-state index contributed by atoms with van der Waals surface area (Å²) in [6.07, 6.45) is 1.16. The van der Waals surface area contributed by atoms with Crippen molar-refractivity contribution < 1.29 is 17.2 Å². The van der Waals surface area contributed by atoms with Crippen LogP contribution in [-0.2, 0) is 10.0 Å². The lowest BCUT2D eigenvalue weighted by Crippen LogP contribution is -2.14. The van der Waals surface area contributed by atoms with Gasteiger partial charge in [-0.05, 0) is 18.2 Å². The quantitative estimate of drug-likeness (QED) is 0.693. The van der Waals surface area contributed by atoms with E-state index in [1.165, 1.54) is 18.2 Å². The van der Waals surface area contributed by atoms with Gasteiger partial charge in [-0.3, -0.25) is 4.72 Å². The summed E-state index contributed by atoms with van der Waals surface area (Å²) in [5.41, 5.74) is -0.904. The lowest BCUT2D eigenvalue weighted by Gasteiger charge is -2.09. The lowest BCUT2D eigenvalue weighted by molar-refractivity contribution is 0.593. The van der Waals surface area contributed by atoms with E-state index in [0.29, 0.717) is 12.1 Å². The Hall–Kier alpha value is -2.70. The van der Waals surface area contributed by atoms with Gasteiger partial charge >= 0.3 is 0 Å². The molecule has 3 aromatic rings. The number of anilines is 1. The Bertz CT molecular complexity index is 1110. The molecule has 2 N–H and O–H groups in total. The molecular formula is C14H7ClF2N4O2S. The number of nitrogens with zero attached hydrogens (tertiary/aromatic N) is 2. The first-order valence-electron chi connectivity index (χ1n) is 6.37. The summed E-state index contributed by atoms with van der Waals surface area (Å²) in [5, 5.41) is 9.05. The Balaban J connectivity index is 2.06. The normalized spacial score (nSPS) is 11.4. The average molecular weight is 369 g/mol. The molecule has 0 unspecified atom stereocenters. The largest absolute Gasteiger partial charge is 0.345 e. The number of halogens is 3. The molecule has 1 aromatic carbocycles. The van der Waals surface area contributed by atoms with E-state index in [0.717, 1.165) is 6.20 Å². The SMILES string of the molecule is N#Cc1cc(F)c(NS(=O)(=O)c2c[nH]c3nc(Cl)ccc23)cc1F. The van der Waals surface area contributed by atoms with Gasteiger partial charge in [0.2, 0.25) is 0 Å². The Morgan fingerprint density at radius 1 is 1.25 bits per heavy atom. The molecular weight excluding hydrogens is 362 g/mol. The standard InChI is InChI=1S/C14H7ClF2N4O2S/c15-13-2-1-8-12(6-19-14(8)20-13)24(22,23)21-11-4-9(16)7(5-18)3-10(11)17/h1-4,6,21H,(H,19,20). The zero-order chi connectivity index (χ0) is 17.5. The number of aromatic nitrogens is 2. The van der Waals surface area contributed by atoms with Crippen molar-refractivity contribution in [3.63, 3.8) is 0 Å².